The lowest BCUT2D eigenvalue weighted by Crippen LogP contribution is -2.38. The fourth-order valence-corrected chi connectivity index (χ4v) is 1.28. The third kappa shape index (κ3) is 4.30. The number of unbranched alkanes of at least 4 members (excludes halogenated alkanes) is 1. The third-order valence-corrected chi connectivity index (χ3v) is 2.41. The van der Waals surface area contributed by atoms with Gasteiger partial charge < -0.3 is 4.90 Å². The quantitative estimate of drug-likeness (QED) is 0.621. The molecule has 1 unspecified atom stereocenters. The first kappa shape index (κ1) is 12.5. The van der Waals surface area contributed by atoms with E-state index in [0.29, 0.717) is 12.5 Å². The Balaban J connectivity index is 4.09. The lowest BCUT2D eigenvalue weighted by molar-refractivity contribution is -0.132. The molecule has 0 aromatic rings. The first-order valence-electron chi connectivity index (χ1n) is 5.26. The predicted molar refractivity (Wildman–Crippen MR) is 56.3 cm³/mol. The smallest absolute Gasteiger partial charge is 0.222 e. The van der Waals surface area contributed by atoms with E-state index < -0.39 is 0 Å². The summed E-state index contributed by atoms with van der Waals surface area (Å²) in [6, 6.07) is 0.362. The van der Waals surface area contributed by atoms with E-state index >= 15 is 0 Å². The molecule has 0 N–H and O–H groups in total. The fraction of sp³-hybridized carbons (Fsp3) is 0.818. The van der Waals surface area contributed by atoms with Crippen LogP contribution >= 0.6 is 0 Å². The molecule has 0 heterocycles. The zero-order valence-electron chi connectivity index (χ0n) is 9.18. The number of nitrogens with zero attached hydrogens (tertiary/aromatic N) is 1. The highest BCUT2D eigenvalue weighted by Gasteiger charge is 2.15. The SMILES string of the molecule is [CH2]CC(=O)N(CCCC)C(C)CC. The number of rotatable bonds is 6. The normalized spacial score (nSPS) is 12.6. The first-order valence-corrected chi connectivity index (χ1v) is 5.26. The van der Waals surface area contributed by atoms with Gasteiger partial charge in [-0.3, -0.25) is 4.79 Å². The van der Waals surface area contributed by atoms with Crippen molar-refractivity contribution in [1.82, 2.24) is 4.90 Å². The second-order valence-corrected chi connectivity index (χ2v) is 3.45. The molecule has 0 bridgehead atoms. The van der Waals surface area contributed by atoms with Crippen molar-refractivity contribution in [3.63, 3.8) is 0 Å². The van der Waals surface area contributed by atoms with Gasteiger partial charge in [0.05, 0.1) is 0 Å². The number of hydrogen-bond acceptors (Lipinski definition) is 1. The van der Waals surface area contributed by atoms with Crippen molar-refractivity contribution in [2.45, 2.75) is 52.5 Å². The minimum atomic E-state index is 0.183. The Bertz CT molecular complexity index is 145. The molecule has 2 nitrogen and oxygen atoms in total. The fourth-order valence-electron chi connectivity index (χ4n) is 1.28. The van der Waals surface area contributed by atoms with E-state index in [1.54, 1.807) is 0 Å². The van der Waals surface area contributed by atoms with Crippen LogP contribution in [0.5, 0.6) is 0 Å². The predicted octanol–water partition coefficient (Wildman–Crippen LogP) is 2.64. The summed E-state index contributed by atoms with van der Waals surface area (Å²) >= 11 is 0. The van der Waals surface area contributed by atoms with Crippen LogP contribution in [-0.4, -0.2) is 23.4 Å². The second-order valence-electron chi connectivity index (χ2n) is 3.45. The lowest BCUT2D eigenvalue weighted by Gasteiger charge is -2.28. The topological polar surface area (TPSA) is 20.3 Å². The summed E-state index contributed by atoms with van der Waals surface area (Å²) < 4.78 is 0. The van der Waals surface area contributed by atoms with Crippen LogP contribution in [0.15, 0.2) is 0 Å². The van der Waals surface area contributed by atoms with E-state index in [1.165, 1.54) is 0 Å². The van der Waals surface area contributed by atoms with E-state index in [0.717, 1.165) is 25.8 Å². The molecular formula is C11H22NO. The van der Waals surface area contributed by atoms with Gasteiger partial charge in [-0.25, -0.2) is 0 Å². The molecule has 0 spiro atoms. The maximum atomic E-state index is 11.5. The second kappa shape index (κ2) is 6.93. The first-order chi connectivity index (χ1) is 6.17. The van der Waals surface area contributed by atoms with Crippen LogP contribution in [-0.2, 0) is 4.79 Å². The van der Waals surface area contributed by atoms with Gasteiger partial charge in [-0.15, -0.1) is 0 Å². The Morgan fingerprint density at radius 2 is 2.08 bits per heavy atom. The van der Waals surface area contributed by atoms with Crippen molar-refractivity contribution in [2.75, 3.05) is 6.54 Å². The highest BCUT2D eigenvalue weighted by Crippen LogP contribution is 2.07. The molecule has 0 aliphatic carbocycles. The van der Waals surface area contributed by atoms with Crippen molar-refractivity contribution in [1.29, 1.82) is 0 Å². The van der Waals surface area contributed by atoms with Gasteiger partial charge in [0.1, 0.15) is 0 Å². The van der Waals surface area contributed by atoms with E-state index in [9.17, 15) is 4.79 Å². The Morgan fingerprint density at radius 3 is 2.46 bits per heavy atom. The summed E-state index contributed by atoms with van der Waals surface area (Å²) in [6.07, 6.45) is 3.64. The Hall–Kier alpha value is -0.530. The largest absolute Gasteiger partial charge is 0.340 e. The van der Waals surface area contributed by atoms with E-state index in [2.05, 4.69) is 27.7 Å². The van der Waals surface area contributed by atoms with Crippen LogP contribution < -0.4 is 0 Å². The highest BCUT2D eigenvalue weighted by atomic mass is 16.2. The number of hydrogen-bond donors (Lipinski definition) is 0. The molecule has 0 aromatic carbocycles. The van der Waals surface area contributed by atoms with Crippen molar-refractivity contribution in [3.8, 4) is 0 Å². The molecule has 1 radical (unpaired) electrons. The van der Waals surface area contributed by atoms with Crippen LogP contribution in [0.2, 0.25) is 0 Å². The maximum Gasteiger partial charge on any atom is 0.222 e. The molecule has 1 amide bonds. The maximum absolute atomic E-state index is 11.5. The Labute approximate surface area is 82.3 Å². The number of carbonyl (C=O) groups excluding carboxylic acids is 1. The van der Waals surface area contributed by atoms with E-state index in [4.69, 9.17) is 0 Å². The molecule has 2 heteroatoms. The zero-order valence-corrected chi connectivity index (χ0v) is 9.18. The van der Waals surface area contributed by atoms with Gasteiger partial charge in [0.25, 0.3) is 0 Å². The van der Waals surface area contributed by atoms with Crippen molar-refractivity contribution < 1.29 is 4.79 Å². The lowest BCUT2D eigenvalue weighted by atomic mass is 10.2. The molecule has 0 aliphatic heterocycles. The summed E-state index contributed by atoms with van der Waals surface area (Å²) in [4.78, 5) is 13.4. The summed E-state index contributed by atoms with van der Waals surface area (Å²) in [6.45, 7) is 10.9. The minimum absolute atomic E-state index is 0.183. The Kier molecular flexibility index (Phi) is 6.65. The summed E-state index contributed by atoms with van der Waals surface area (Å²) in [5.74, 6) is 0.183. The highest BCUT2D eigenvalue weighted by molar-refractivity contribution is 5.76. The minimum Gasteiger partial charge on any atom is -0.340 e. The van der Waals surface area contributed by atoms with Crippen LogP contribution in [0.4, 0.5) is 0 Å². The van der Waals surface area contributed by atoms with Gasteiger partial charge in [-0.1, -0.05) is 20.3 Å². The monoisotopic (exact) mass is 184 g/mol. The van der Waals surface area contributed by atoms with E-state index in [-0.39, 0.29) is 5.91 Å². The third-order valence-electron chi connectivity index (χ3n) is 2.41. The molecule has 0 fully saturated rings. The van der Waals surface area contributed by atoms with Gasteiger partial charge in [-0.2, -0.15) is 0 Å². The molecule has 1 atom stereocenters. The van der Waals surface area contributed by atoms with Gasteiger partial charge >= 0.3 is 0 Å². The standard InChI is InChI=1S/C11H22NO/c1-5-8-9-12(10(4)6-2)11(13)7-3/h10H,3,5-9H2,1-2,4H3. The number of carbonyl (C=O) groups is 1. The molecule has 0 rings (SSSR count). The van der Waals surface area contributed by atoms with Crippen molar-refractivity contribution >= 4 is 5.91 Å². The average Bonchev–Trinajstić information content (AvgIpc) is 2.17. The van der Waals surface area contributed by atoms with Crippen LogP contribution in [0, 0.1) is 6.92 Å². The summed E-state index contributed by atoms with van der Waals surface area (Å²) in [5, 5.41) is 0. The van der Waals surface area contributed by atoms with Gasteiger partial charge in [0.2, 0.25) is 5.91 Å². The van der Waals surface area contributed by atoms with Gasteiger partial charge in [0.15, 0.2) is 0 Å². The number of amides is 1. The zero-order chi connectivity index (χ0) is 10.3. The summed E-state index contributed by atoms with van der Waals surface area (Å²) in [7, 11) is 0. The van der Waals surface area contributed by atoms with Crippen LogP contribution in [0.25, 0.3) is 0 Å². The molecule has 0 saturated carbocycles. The van der Waals surface area contributed by atoms with Crippen LogP contribution in [0.1, 0.15) is 46.5 Å². The molecule has 0 aromatic heterocycles. The molecule has 13 heavy (non-hydrogen) atoms. The molecule has 0 aliphatic rings. The van der Waals surface area contributed by atoms with Gasteiger partial charge in [0, 0.05) is 19.0 Å². The van der Waals surface area contributed by atoms with Crippen molar-refractivity contribution in [3.05, 3.63) is 6.92 Å². The van der Waals surface area contributed by atoms with Crippen LogP contribution in [0.3, 0.4) is 0 Å². The summed E-state index contributed by atoms with van der Waals surface area (Å²) in [5.41, 5.74) is 0. The molecule has 0 saturated heterocycles. The van der Waals surface area contributed by atoms with E-state index in [1.807, 2.05) is 4.90 Å². The van der Waals surface area contributed by atoms with Crippen molar-refractivity contribution in [2.24, 2.45) is 0 Å². The molecular weight excluding hydrogens is 162 g/mol. The van der Waals surface area contributed by atoms with Gasteiger partial charge in [-0.05, 0) is 26.7 Å². The average molecular weight is 184 g/mol. The molecule has 77 valence electrons. The Morgan fingerprint density at radius 1 is 1.46 bits per heavy atom.